The molecule has 156 valence electrons. The fourth-order valence-electron chi connectivity index (χ4n) is 2.56. The normalized spacial score (nSPS) is 27.0. The number of ether oxygens (including phenoxy) is 1. The van der Waals surface area contributed by atoms with Crippen LogP contribution in [0.15, 0.2) is 12.7 Å². The van der Waals surface area contributed by atoms with Crippen molar-refractivity contribution >= 4 is 24.8 Å². The third-order valence-corrected chi connectivity index (χ3v) is 4.99. The van der Waals surface area contributed by atoms with Crippen molar-refractivity contribution in [1.29, 1.82) is 0 Å². The van der Waals surface area contributed by atoms with Crippen LogP contribution < -0.4 is 11.5 Å². The molecule has 5 atom stereocenters. The van der Waals surface area contributed by atoms with Gasteiger partial charge < -0.3 is 30.7 Å². The molecule has 1 saturated heterocycles. The lowest BCUT2D eigenvalue weighted by molar-refractivity contribution is -0.0615. The van der Waals surface area contributed by atoms with E-state index in [2.05, 4.69) is 19.5 Å². The number of phosphoric ester groups is 1. The van der Waals surface area contributed by atoms with Crippen LogP contribution in [0, 0.1) is 0 Å². The lowest BCUT2D eigenvalue weighted by Gasteiger charge is -2.22. The topological polar surface area (TPSA) is 221 Å². The third-order valence-electron chi connectivity index (χ3n) is 4.05. The van der Waals surface area contributed by atoms with Gasteiger partial charge in [0.25, 0.3) is 0 Å². The molecule has 1 fully saturated rings. The maximum Gasteiger partial charge on any atom is 0.472 e. The summed E-state index contributed by atoms with van der Waals surface area (Å²) in [6.07, 6.45) is 0.239. The number of nitrogens with two attached hydrogens (primary N) is 2. The predicted octanol–water partition coefficient (Wildman–Crippen LogP) is -2.17. The van der Waals surface area contributed by atoms with Crippen LogP contribution in [0.5, 0.6) is 0 Å². The molecule has 0 radical (unpaired) electrons. The minimum atomic E-state index is -4.61. The Bertz CT molecular complexity index is 878. The van der Waals surface area contributed by atoms with Gasteiger partial charge in [-0.1, -0.05) is 0 Å². The number of anilines is 1. The molecule has 3 heterocycles. The van der Waals surface area contributed by atoms with Gasteiger partial charge in [-0.2, -0.15) is 0 Å². The molecule has 2 aromatic heterocycles. The van der Waals surface area contributed by atoms with Gasteiger partial charge in [-0.15, -0.1) is 0 Å². The van der Waals surface area contributed by atoms with Crippen molar-refractivity contribution in [2.75, 3.05) is 25.6 Å². The van der Waals surface area contributed by atoms with Crippen LogP contribution in [0.2, 0.25) is 0 Å². The molecule has 0 spiro atoms. The fraction of sp³-hybridized carbons (Fsp3) is 0.615. The molecular formula is C13H21N6O8P. The van der Waals surface area contributed by atoms with E-state index in [1.807, 2.05) is 0 Å². The Balaban J connectivity index is 1.61. The number of hydrogen-bond donors (Lipinski definition) is 6. The highest BCUT2D eigenvalue weighted by atomic mass is 31.2. The number of aromatic nitrogens is 4. The summed E-state index contributed by atoms with van der Waals surface area (Å²) in [5, 5.41) is 28.4. The first-order valence-electron chi connectivity index (χ1n) is 8.12. The van der Waals surface area contributed by atoms with Crippen LogP contribution in [0.4, 0.5) is 5.82 Å². The molecule has 0 aromatic carbocycles. The molecule has 2 aromatic rings. The smallest absolute Gasteiger partial charge is 0.392 e. The number of imidazole rings is 1. The molecule has 14 nitrogen and oxygen atoms in total. The number of nitrogens with zero attached hydrogens (tertiary/aromatic N) is 4. The second-order valence-electron chi connectivity index (χ2n) is 6.31. The number of nitrogen functional groups attached to an aromatic ring is 1. The summed E-state index contributed by atoms with van der Waals surface area (Å²) in [6.45, 7) is -2.19. The van der Waals surface area contributed by atoms with Crippen molar-refractivity contribution < 1.29 is 38.6 Å². The highest BCUT2D eigenvalue weighted by Gasteiger charge is 2.38. The quantitative estimate of drug-likeness (QED) is 0.198. The number of rotatable bonds is 8. The number of aliphatic hydroxyl groups is 3. The average molecular weight is 420 g/mol. The Kier molecular flexibility index (Phi) is 5.95. The van der Waals surface area contributed by atoms with Crippen molar-refractivity contribution in [2.24, 2.45) is 5.73 Å². The van der Waals surface area contributed by atoms with E-state index in [9.17, 15) is 19.7 Å². The molecule has 28 heavy (non-hydrogen) atoms. The highest BCUT2D eigenvalue weighted by Crippen LogP contribution is 2.44. The molecule has 0 saturated carbocycles. The summed E-state index contributed by atoms with van der Waals surface area (Å²) < 4.78 is 28.4. The van der Waals surface area contributed by atoms with Gasteiger partial charge in [0.15, 0.2) is 17.2 Å². The van der Waals surface area contributed by atoms with E-state index in [1.165, 1.54) is 12.7 Å². The lowest BCUT2D eigenvalue weighted by atomic mass is 10.2. The van der Waals surface area contributed by atoms with Gasteiger partial charge >= 0.3 is 7.82 Å². The van der Waals surface area contributed by atoms with E-state index in [0.717, 1.165) is 0 Å². The van der Waals surface area contributed by atoms with E-state index in [4.69, 9.17) is 25.8 Å². The van der Waals surface area contributed by atoms with E-state index in [-0.39, 0.29) is 12.2 Å². The van der Waals surface area contributed by atoms with Crippen LogP contribution >= 0.6 is 7.82 Å². The third kappa shape index (κ3) is 4.63. The molecular weight excluding hydrogens is 399 g/mol. The first kappa shape index (κ1) is 21.0. The van der Waals surface area contributed by atoms with Gasteiger partial charge in [-0.3, -0.25) is 19.3 Å². The van der Waals surface area contributed by atoms with Gasteiger partial charge in [-0.05, 0) is 0 Å². The maximum atomic E-state index is 11.8. The number of phosphoric acid groups is 1. The van der Waals surface area contributed by atoms with Crippen molar-refractivity contribution in [2.45, 2.75) is 30.6 Å². The zero-order chi connectivity index (χ0) is 20.5. The van der Waals surface area contributed by atoms with Crippen LogP contribution in [0.25, 0.3) is 11.2 Å². The Morgan fingerprint density at radius 3 is 2.86 bits per heavy atom. The van der Waals surface area contributed by atoms with E-state index >= 15 is 0 Å². The summed E-state index contributed by atoms with van der Waals surface area (Å²) in [7, 11) is -4.61. The van der Waals surface area contributed by atoms with E-state index in [1.54, 1.807) is 4.57 Å². The molecule has 8 N–H and O–H groups in total. The Morgan fingerprint density at radius 2 is 2.14 bits per heavy atom. The molecule has 1 aliphatic heterocycles. The minimum absolute atomic E-state index is 0.146. The minimum Gasteiger partial charge on any atom is -0.392 e. The van der Waals surface area contributed by atoms with Crippen molar-refractivity contribution in [3.8, 4) is 0 Å². The Hall–Kier alpha value is -1.74. The monoisotopic (exact) mass is 420 g/mol. The summed E-state index contributed by atoms with van der Waals surface area (Å²) in [4.78, 5) is 21.7. The zero-order valence-corrected chi connectivity index (χ0v) is 15.4. The first-order chi connectivity index (χ1) is 13.1. The standard InChI is InChI=1S/C13H21N6O8P/c14-11-10-12(17-5-16-11)19(6-18-10)9-1-7(21)8(27-9)2-25-28(23,24)26-4-13(15,22)3-20/h5-9,20-22H,1-4,15H2,(H,23,24)(H2,14,16,17)/t7?,8-,9-,13?/m1/s1. The lowest BCUT2D eigenvalue weighted by Crippen LogP contribution is -2.47. The molecule has 3 unspecified atom stereocenters. The predicted molar refractivity (Wildman–Crippen MR) is 92.2 cm³/mol. The molecule has 0 aliphatic carbocycles. The number of fused-ring (bicyclic) bond motifs is 1. The summed E-state index contributed by atoms with van der Waals surface area (Å²) in [5.41, 5.74) is 9.53. The van der Waals surface area contributed by atoms with E-state index < -0.39 is 51.8 Å². The summed E-state index contributed by atoms with van der Waals surface area (Å²) in [6, 6.07) is 0. The highest BCUT2D eigenvalue weighted by molar-refractivity contribution is 7.47. The number of aliphatic hydroxyl groups excluding tert-OH is 2. The number of hydrogen-bond acceptors (Lipinski definition) is 12. The van der Waals surface area contributed by atoms with Crippen LogP contribution in [-0.2, 0) is 18.3 Å². The van der Waals surface area contributed by atoms with Gasteiger partial charge in [0.1, 0.15) is 30.8 Å². The van der Waals surface area contributed by atoms with Crippen LogP contribution in [0.3, 0.4) is 0 Å². The van der Waals surface area contributed by atoms with Crippen LogP contribution in [-0.4, -0.2) is 77.5 Å². The molecule has 1 aliphatic rings. The Labute approximate surface area is 158 Å². The van der Waals surface area contributed by atoms with Gasteiger partial charge in [0.2, 0.25) is 0 Å². The zero-order valence-electron chi connectivity index (χ0n) is 14.5. The van der Waals surface area contributed by atoms with Crippen molar-refractivity contribution in [3.05, 3.63) is 12.7 Å². The first-order valence-corrected chi connectivity index (χ1v) is 9.62. The average Bonchev–Trinajstić information content (AvgIpc) is 3.23. The summed E-state index contributed by atoms with van der Waals surface area (Å²) >= 11 is 0. The van der Waals surface area contributed by atoms with E-state index in [0.29, 0.717) is 11.2 Å². The summed E-state index contributed by atoms with van der Waals surface area (Å²) in [5.74, 6) is 0.197. The Morgan fingerprint density at radius 1 is 1.39 bits per heavy atom. The van der Waals surface area contributed by atoms with Crippen molar-refractivity contribution in [3.63, 3.8) is 0 Å². The SMILES string of the molecule is Nc1ncnc2c1ncn2[C@H]1CC(O)[C@@H](COP(=O)(O)OCC(N)(O)CO)O1. The molecule has 0 amide bonds. The fourth-order valence-corrected chi connectivity index (χ4v) is 3.36. The van der Waals surface area contributed by atoms with Gasteiger partial charge in [-0.25, -0.2) is 19.5 Å². The van der Waals surface area contributed by atoms with Gasteiger partial charge in [0, 0.05) is 6.42 Å². The second kappa shape index (κ2) is 7.94. The van der Waals surface area contributed by atoms with Crippen molar-refractivity contribution in [1.82, 2.24) is 19.5 Å². The molecule has 0 bridgehead atoms. The molecule has 3 rings (SSSR count). The maximum absolute atomic E-state index is 11.8. The van der Waals surface area contributed by atoms with Crippen LogP contribution in [0.1, 0.15) is 12.6 Å². The largest absolute Gasteiger partial charge is 0.472 e. The van der Waals surface area contributed by atoms with Gasteiger partial charge in [0.05, 0.1) is 25.6 Å². The molecule has 15 heteroatoms. The second-order valence-corrected chi connectivity index (χ2v) is 7.77.